The Balaban J connectivity index is 3.01. The van der Waals surface area contributed by atoms with Gasteiger partial charge in [-0.1, -0.05) is 26.0 Å². The van der Waals surface area contributed by atoms with Gasteiger partial charge in [0.2, 0.25) is 0 Å². The van der Waals surface area contributed by atoms with Crippen LogP contribution in [-0.4, -0.2) is 26.1 Å². The number of carbonyl (C=O) groups excluding carboxylic acids is 1. The number of methoxy groups -OCH3 is 1. The Morgan fingerprint density at radius 2 is 1.90 bits per heavy atom. The fourth-order valence-corrected chi connectivity index (χ4v) is 1.86. The predicted octanol–water partition coefficient (Wildman–Crippen LogP) is 2.61. The highest BCUT2D eigenvalue weighted by molar-refractivity contribution is 5.64. The third-order valence-electron chi connectivity index (χ3n) is 2.77. The highest BCUT2D eigenvalue weighted by Crippen LogP contribution is 2.28. The van der Waals surface area contributed by atoms with Crippen molar-refractivity contribution in [2.24, 2.45) is 11.7 Å². The number of ether oxygens (including phenoxy) is 3. The maximum Gasteiger partial charge on any atom is 0.404 e. The Kier molecular flexibility index (Phi) is 6.41. The highest BCUT2D eigenvalue weighted by atomic mass is 19.1. The van der Waals surface area contributed by atoms with Crippen molar-refractivity contribution in [3.8, 4) is 0 Å². The van der Waals surface area contributed by atoms with E-state index >= 15 is 0 Å². The van der Waals surface area contributed by atoms with Crippen molar-refractivity contribution < 1.29 is 23.4 Å². The molecule has 1 rings (SSSR count). The molecule has 1 aromatic carbocycles. The van der Waals surface area contributed by atoms with Crippen LogP contribution in [0.2, 0.25) is 0 Å². The zero-order chi connectivity index (χ0) is 15.1. The van der Waals surface area contributed by atoms with E-state index in [4.69, 9.17) is 19.9 Å². The van der Waals surface area contributed by atoms with E-state index in [9.17, 15) is 9.18 Å². The highest BCUT2D eigenvalue weighted by Gasteiger charge is 2.30. The molecule has 1 amide bonds. The topological polar surface area (TPSA) is 70.8 Å². The molecule has 1 aromatic rings. The zero-order valence-corrected chi connectivity index (χ0v) is 11.8. The fraction of sp³-hybridized carbons (Fsp3) is 0.500. The zero-order valence-electron chi connectivity index (χ0n) is 11.8. The van der Waals surface area contributed by atoms with Gasteiger partial charge in [-0.15, -0.1) is 0 Å². The Bertz CT molecular complexity index is 422. The van der Waals surface area contributed by atoms with Crippen LogP contribution in [0.15, 0.2) is 24.3 Å². The third kappa shape index (κ3) is 4.79. The SMILES string of the molecule is COCO[C@@H](c1ccc(F)cc1)[C@@H](OC(N)=O)C(C)C. The normalized spacial score (nSPS) is 14.1. The van der Waals surface area contributed by atoms with Crippen molar-refractivity contribution in [3.63, 3.8) is 0 Å². The van der Waals surface area contributed by atoms with Crippen LogP contribution in [0, 0.1) is 11.7 Å². The number of primary amides is 1. The van der Waals surface area contributed by atoms with E-state index in [2.05, 4.69) is 0 Å². The second-order valence-corrected chi connectivity index (χ2v) is 4.69. The molecular formula is C14H20FNO4. The largest absolute Gasteiger partial charge is 0.443 e. The summed E-state index contributed by atoms with van der Waals surface area (Å²) < 4.78 is 28.6. The summed E-state index contributed by atoms with van der Waals surface area (Å²) in [6.07, 6.45) is -2.05. The summed E-state index contributed by atoms with van der Waals surface area (Å²) in [5.41, 5.74) is 5.78. The van der Waals surface area contributed by atoms with Crippen molar-refractivity contribution >= 4 is 6.09 Å². The molecule has 5 nitrogen and oxygen atoms in total. The minimum atomic E-state index is -0.878. The van der Waals surface area contributed by atoms with Gasteiger partial charge in [0.15, 0.2) is 0 Å². The molecule has 0 unspecified atom stereocenters. The number of benzene rings is 1. The van der Waals surface area contributed by atoms with E-state index < -0.39 is 18.3 Å². The van der Waals surface area contributed by atoms with Gasteiger partial charge in [-0.3, -0.25) is 0 Å². The van der Waals surface area contributed by atoms with Gasteiger partial charge in [-0.25, -0.2) is 9.18 Å². The lowest BCUT2D eigenvalue weighted by Crippen LogP contribution is -2.34. The first-order chi connectivity index (χ1) is 9.45. The van der Waals surface area contributed by atoms with Crippen LogP contribution in [0.1, 0.15) is 25.5 Å². The van der Waals surface area contributed by atoms with Crippen molar-refractivity contribution in [3.05, 3.63) is 35.6 Å². The molecular weight excluding hydrogens is 265 g/mol. The first kappa shape index (κ1) is 16.4. The Morgan fingerprint density at radius 3 is 2.35 bits per heavy atom. The molecule has 0 heterocycles. The van der Waals surface area contributed by atoms with Gasteiger partial charge in [0.25, 0.3) is 0 Å². The molecule has 0 saturated heterocycles. The number of nitrogens with two attached hydrogens (primary N) is 1. The molecule has 0 saturated carbocycles. The van der Waals surface area contributed by atoms with Gasteiger partial charge < -0.3 is 19.9 Å². The van der Waals surface area contributed by atoms with Crippen molar-refractivity contribution in [1.29, 1.82) is 0 Å². The van der Waals surface area contributed by atoms with Gasteiger partial charge in [0, 0.05) is 7.11 Å². The van der Waals surface area contributed by atoms with E-state index in [1.165, 1.54) is 19.2 Å². The van der Waals surface area contributed by atoms with E-state index in [1.807, 2.05) is 13.8 Å². The first-order valence-corrected chi connectivity index (χ1v) is 6.27. The average Bonchev–Trinajstić information content (AvgIpc) is 2.39. The Morgan fingerprint density at radius 1 is 1.30 bits per heavy atom. The van der Waals surface area contributed by atoms with Gasteiger partial charge >= 0.3 is 6.09 Å². The molecule has 0 aliphatic heterocycles. The quantitative estimate of drug-likeness (QED) is 0.782. The van der Waals surface area contributed by atoms with Crippen LogP contribution in [0.5, 0.6) is 0 Å². The van der Waals surface area contributed by atoms with Crippen LogP contribution in [0.4, 0.5) is 9.18 Å². The molecule has 6 heteroatoms. The van der Waals surface area contributed by atoms with Crippen molar-refractivity contribution in [1.82, 2.24) is 0 Å². The van der Waals surface area contributed by atoms with Crippen LogP contribution >= 0.6 is 0 Å². The molecule has 0 fully saturated rings. The number of amides is 1. The maximum absolute atomic E-state index is 13.0. The number of hydrogen-bond donors (Lipinski definition) is 1. The Hall–Kier alpha value is -1.66. The van der Waals surface area contributed by atoms with Crippen LogP contribution in [0.3, 0.4) is 0 Å². The Labute approximate surface area is 117 Å². The van der Waals surface area contributed by atoms with Crippen LogP contribution < -0.4 is 5.73 Å². The molecule has 2 N–H and O–H groups in total. The lowest BCUT2D eigenvalue weighted by Gasteiger charge is -2.29. The summed E-state index contributed by atoms with van der Waals surface area (Å²) in [5.74, 6) is -0.384. The second-order valence-electron chi connectivity index (χ2n) is 4.69. The molecule has 0 aromatic heterocycles. The van der Waals surface area contributed by atoms with Crippen LogP contribution in [-0.2, 0) is 14.2 Å². The van der Waals surface area contributed by atoms with Gasteiger partial charge in [0.1, 0.15) is 24.8 Å². The van der Waals surface area contributed by atoms with Gasteiger partial charge in [-0.05, 0) is 23.6 Å². The molecule has 112 valence electrons. The summed E-state index contributed by atoms with van der Waals surface area (Å²) in [4.78, 5) is 11.0. The first-order valence-electron chi connectivity index (χ1n) is 6.27. The number of halogens is 1. The standard InChI is InChI=1S/C14H20FNO4/c1-9(2)12(20-14(16)17)13(19-8-18-3)10-4-6-11(15)7-5-10/h4-7,9,12-13H,8H2,1-3H3,(H2,16,17)/t12-,13-/m0/s1. The molecule has 20 heavy (non-hydrogen) atoms. The monoisotopic (exact) mass is 285 g/mol. The minimum absolute atomic E-state index is 0.0212. The van der Waals surface area contributed by atoms with Crippen molar-refractivity contribution in [2.75, 3.05) is 13.9 Å². The maximum atomic E-state index is 13.0. The third-order valence-corrected chi connectivity index (χ3v) is 2.77. The molecule has 0 bridgehead atoms. The predicted molar refractivity (Wildman–Crippen MR) is 71.4 cm³/mol. The van der Waals surface area contributed by atoms with Gasteiger partial charge in [0.05, 0.1) is 0 Å². The molecule has 0 aliphatic rings. The summed E-state index contributed by atoms with van der Waals surface area (Å²) in [7, 11) is 1.49. The number of hydrogen-bond acceptors (Lipinski definition) is 4. The average molecular weight is 285 g/mol. The van der Waals surface area contributed by atoms with Gasteiger partial charge in [-0.2, -0.15) is 0 Å². The number of rotatable bonds is 7. The summed E-state index contributed by atoms with van der Waals surface area (Å²) in [5, 5.41) is 0. The molecule has 0 aliphatic carbocycles. The van der Waals surface area contributed by atoms with E-state index in [-0.39, 0.29) is 18.5 Å². The molecule has 2 atom stereocenters. The number of carbonyl (C=O) groups is 1. The van der Waals surface area contributed by atoms with E-state index in [0.717, 1.165) is 0 Å². The van der Waals surface area contributed by atoms with E-state index in [0.29, 0.717) is 5.56 Å². The lowest BCUT2D eigenvalue weighted by atomic mass is 9.95. The fourth-order valence-electron chi connectivity index (χ4n) is 1.86. The molecule has 0 radical (unpaired) electrons. The second kappa shape index (κ2) is 7.81. The van der Waals surface area contributed by atoms with Crippen LogP contribution in [0.25, 0.3) is 0 Å². The summed E-state index contributed by atoms with van der Waals surface area (Å²) >= 11 is 0. The van der Waals surface area contributed by atoms with Crippen molar-refractivity contribution in [2.45, 2.75) is 26.1 Å². The lowest BCUT2D eigenvalue weighted by molar-refractivity contribution is -0.124. The molecule has 0 spiro atoms. The van der Waals surface area contributed by atoms with E-state index in [1.54, 1.807) is 12.1 Å². The summed E-state index contributed by atoms with van der Waals surface area (Å²) in [6.45, 7) is 3.77. The smallest absolute Gasteiger partial charge is 0.404 e. The minimum Gasteiger partial charge on any atom is -0.443 e. The summed E-state index contributed by atoms with van der Waals surface area (Å²) in [6, 6.07) is 5.80.